The fraction of sp³-hybridized carbons (Fsp3) is 0.263. The summed E-state index contributed by atoms with van der Waals surface area (Å²) >= 11 is 0. The van der Waals surface area contributed by atoms with Gasteiger partial charge in [0.2, 0.25) is 5.91 Å². The lowest BCUT2D eigenvalue weighted by Gasteiger charge is -2.14. The summed E-state index contributed by atoms with van der Waals surface area (Å²) in [6.07, 6.45) is 2.29. The van der Waals surface area contributed by atoms with E-state index >= 15 is 0 Å². The molecule has 2 aromatic heterocycles. The Morgan fingerprint density at radius 2 is 2.00 bits per heavy atom. The van der Waals surface area contributed by atoms with E-state index in [4.69, 9.17) is 0 Å². The Labute approximate surface area is 140 Å². The molecule has 0 saturated heterocycles. The first-order chi connectivity index (χ1) is 11.5. The van der Waals surface area contributed by atoms with Gasteiger partial charge < -0.3 is 10.2 Å². The maximum absolute atomic E-state index is 11.7. The average molecular weight is 320 g/mol. The summed E-state index contributed by atoms with van der Waals surface area (Å²) in [5, 5.41) is 4.08. The van der Waals surface area contributed by atoms with E-state index in [1.165, 1.54) is 0 Å². The predicted molar refractivity (Wildman–Crippen MR) is 97.2 cm³/mol. The maximum Gasteiger partial charge on any atom is 0.228 e. The third-order valence-corrected chi connectivity index (χ3v) is 4.62. The molecule has 122 valence electrons. The zero-order chi connectivity index (χ0) is 17.0. The van der Waals surface area contributed by atoms with Crippen molar-refractivity contribution >= 4 is 28.3 Å². The van der Waals surface area contributed by atoms with Crippen molar-refractivity contribution in [2.75, 3.05) is 24.3 Å². The molecule has 0 bridgehead atoms. The standard InChI is InChI=1S/C19H20N4O/c1-11-7-14(9-13-10-17(24)21-18(11)13)23-12(2)8-15-16(22(3)4)5-6-20-19(15)23/h5-9H,10H2,1-4H3,(H,21,24). The van der Waals surface area contributed by atoms with Gasteiger partial charge in [0.1, 0.15) is 5.65 Å². The summed E-state index contributed by atoms with van der Waals surface area (Å²) in [6.45, 7) is 4.13. The Balaban J connectivity index is 1.97. The van der Waals surface area contributed by atoms with Gasteiger partial charge in [-0.05, 0) is 49.2 Å². The van der Waals surface area contributed by atoms with Crippen LogP contribution in [0.3, 0.4) is 0 Å². The van der Waals surface area contributed by atoms with Crippen molar-refractivity contribution in [3.63, 3.8) is 0 Å². The molecule has 1 aromatic carbocycles. The van der Waals surface area contributed by atoms with Gasteiger partial charge in [-0.3, -0.25) is 9.36 Å². The summed E-state index contributed by atoms with van der Waals surface area (Å²) in [4.78, 5) is 18.4. The molecular weight excluding hydrogens is 300 g/mol. The van der Waals surface area contributed by atoms with Gasteiger partial charge in [-0.15, -0.1) is 0 Å². The van der Waals surface area contributed by atoms with Gasteiger partial charge in [0.15, 0.2) is 0 Å². The normalized spacial score (nSPS) is 13.2. The minimum absolute atomic E-state index is 0.0624. The number of aryl methyl sites for hydroxylation is 2. The number of aromatic nitrogens is 2. The Kier molecular flexibility index (Phi) is 3.13. The first-order valence-corrected chi connectivity index (χ1v) is 8.04. The predicted octanol–water partition coefficient (Wildman–Crippen LogP) is 3.20. The highest BCUT2D eigenvalue weighted by Gasteiger charge is 2.21. The van der Waals surface area contributed by atoms with Gasteiger partial charge >= 0.3 is 0 Å². The van der Waals surface area contributed by atoms with Crippen molar-refractivity contribution in [3.8, 4) is 5.69 Å². The molecule has 24 heavy (non-hydrogen) atoms. The quantitative estimate of drug-likeness (QED) is 0.789. The molecule has 5 heteroatoms. The fourth-order valence-electron chi connectivity index (χ4n) is 3.57. The summed E-state index contributed by atoms with van der Waals surface area (Å²) < 4.78 is 2.17. The van der Waals surface area contributed by atoms with Crippen molar-refractivity contribution in [3.05, 3.63) is 47.3 Å². The van der Waals surface area contributed by atoms with E-state index in [9.17, 15) is 4.79 Å². The van der Waals surface area contributed by atoms with E-state index < -0.39 is 0 Å². The molecule has 0 unspecified atom stereocenters. The van der Waals surface area contributed by atoms with E-state index in [1.54, 1.807) is 0 Å². The van der Waals surface area contributed by atoms with E-state index in [0.717, 1.165) is 44.9 Å². The lowest BCUT2D eigenvalue weighted by molar-refractivity contribution is -0.115. The highest BCUT2D eigenvalue weighted by molar-refractivity contribution is 6.00. The second kappa shape index (κ2) is 5.09. The highest BCUT2D eigenvalue weighted by atomic mass is 16.1. The van der Waals surface area contributed by atoms with Crippen molar-refractivity contribution in [1.82, 2.24) is 9.55 Å². The number of rotatable bonds is 2. The third kappa shape index (κ3) is 2.08. The molecule has 0 radical (unpaired) electrons. The minimum atomic E-state index is 0.0624. The molecule has 3 aromatic rings. The molecule has 1 N–H and O–H groups in total. The number of carbonyl (C=O) groups excluding carboxylic acids is 1. The molecule has 0 saturated carbocycles. The Morgan fingerprint density at radius 1 is 1.21 bits per heavy atom. The van der Waals surface area contributed by atoms with Gasteiger partial charge in [-0.1, -0.05) is 0 Å². The number of fused-ring (bicyclic) bond motifs is 2. The Bertz CT molecular complexity index is 985. The van der Waals surface area contributed by atoms with Crippen LogP contribution in [-0.2, 0) is 11.2 Å². The lowest BCUT2D eigenvalue weighted by Crippen LogP contribution is -2.09. The molecule has 4 rings (SSSR count). The van der Waals surface area contributed by atoms with Crippen LogP contribution in [0.1, 0.15) is 16.8 Å². The summed E-state index contributed by atoms with van der Waals surface area (Å²) in [5.74, 6) is 0.0624. The first kappa shape index (κ1) is 14.8. The van der Waals surface area contributed by atoms with E-state index in [1.807, 2.05) is 33.3 Å². The third-order valence-electron chi connectivity index (χ3n) is 4.62. The largest absolute Gasteiger partial charge is 0.377 e. The zero-order valence-electron chi connectivity index (χ0n) is 14.3. The summed E-state index contributed by atoms with van der Waals surface area (Å²) in [7, 11) is 4.08. The number of amides is 1. The molecule has 1 amide bonds. The SMILES string of the molecule is Cc1cc(-n2c(C)cc3c(N(C)C)ccnc32)cc2c1NC(=O)C2. The van der Waals surface area contributed by atoms with Crippen molar-refractivity contribution in [2.24, 2.45) is 0 Å². The van der Waals surface area contributed by atoms with Crippen LogP contribution >= 0.6 is 0 Å². The van der Waals surface area contributed by atoms with Crippen LogP contribution in [0.2, 0.25) is 0 Å². The van der Waals surface area contributed by atoms with Crippen LogP contribution in [0.25, 0.3) is 16.7 Å². The number of nitrogens with zero attached hydrogens (tertiary/aromatic N) is 3. The molecule has 3 heterocycles. The average Bonchev–Trinajstić information content (AvgIpc) is 3.05. The molecule has 0 atom stereocenters. The van der Waals surface area contributed by atoms with E-state index in [-0.39, 0.29) is 5.91 Å². The lowest BCUT2D eigenvalue weighted by atomic mass is 10.1. The molecule has 1 aliphatic heterocycles. The van der Waals surface area contributed by atoms with Crippen molar-refractivity contribution in [2.45, 2.75) is 20.3 Å². The number of carbonyl (C=O) groups is 1. The number of anilines is 2. The molecule has 0 spiro atoms. The second-order valence-corrected chi connectivity index (χ2v) is 6.60. The van der Waals surface area contributed by atoms with Crippen molar-refractivity contribution < 1.29 is 4.79 Å². The van der Waals surface area contributed by atoms with Crippen LogP contribution in [0.5, 0.6) is 0 Å². The molecular formula is C19H20N4O. The van der Waals surface area contributed by atoms with E-state index in [0.29, 0.717) is 6.42 Å². The molecule has 0 aliphatic carbocycles. The van der Waals surface area contributed by atoms with Gasteiger partial charge in [-0.2, -0.15) is 0 Å². The van der Waals surface area contributed by atoms with Crippen LogP contribution < -0.4 is 10.2 Å². The van der Waals surface area contributed by atoms with Gasteiger partial charge in [0.05, 0.1) is 6.42 Å². The second-order valence-electron chi connectivity index (χ2n) is 6.60. The number of hydrogen-bond acceptors (Lipinski definition) is 3. The smallest absolute Gasteiger partial charge is 0.228 e. The van der Waals surface area contributed by atoms with Crippen LogP contribution in [0.15, 0.2) is 30.5 Å². The number of benzene rings is 1. The molecule has 1 aliphatic rings. The number of hydrogen-bond donors (Lipinski definition) is 1. The summed E-state index contributed by atoms with van der Waals surface area (Å²) in [6, 6.07) is 8.41. The Morgan fingerprint density at radius 3 is 2.75 bits per heavy atom. The highest BCUT2D eigenvalue weighted by Crippen LogP contribution is 2.33. The summed E-state index contributed by atoms with van der Waals surface area (Å²) in [5.41, 5.74) is 7.37. The number of nitrogens with one attached hydrogen (secondary N) is 1. The molecule has 0 fully saturated rings. The zero-order valence-corrected chi connectivity index (χ0v) is 14.3. The van der Waals surface area contributed by atoms with Gasteiger partial charge in [0, 0.05) is 48.4 Å². The molecule has 5 nitrogen and oxygen atoms in total. The van der Waals surface area contributed by atoms with Crippen LogP contribution in [-0.4, -0.2) is 29.6 Å². The number of pyridine rings is 1. The Hall–Kier alpha value is -2.82. The van der Waals surface area contributed by atoms with Crippen LogP contribution in [0, 0.1) is 13.8 Å². The fourth-order valence-corrected chi connectivity index (χ4v) is 3.57. The van der Waals surface area contributed by atoms with Crippen molar-refractivity contribution in [1.29, 1.82) is 0 Å². The van der Waals surface area contributed by atoms with Crippen LogP contribution in [0.4, 0.5) is 11.4 Å². The maximum atomic E-state index is 11.7. The van der Waals surface area contributed by atoms with E-state index in [2.05, 4.69) is 44.9 Å². The van der Waals surface area contributed by atoms with Gasteiger partial charge in [0.25, 0.3) is 0 Å². The topological polar surface area (TPSA) is 50.2 Å². The van der Waals surface area contributed by atoms with Gasteiger partial charge in [-0.25, -0.2) is 4.98 Å². The first-order valence-electron chi connectivity index (χ1n) is 8.04. The minimum Gasteiger partial charge on any atom is -0.377 e. The monoisotopic (exact) mass is 320 g/mol.